The van der Waals surface area contributed by atoms with E-state index >= 15 is 0 Å². The first-order valence-electron chi connectivity index (χ1n) is 10.0. The van der Waals surface area contributed by atoms with Crippen LogP contribution in [-0.4, -0.2) is 60.1 Å². The SMILES string of the molecule is C[C@@H]1CN(C[C@@H]2CCCN2C(=O)CC[C@@H](N)c2ccccc2)C[C@@H](C)O1. The third kappa shape index (κ3) is 5.06. The maximum Gasteiger partial charge on any atom is 0.222 e. The molecule has 0 radical (unpaired) electrons. The van der Waals surface area contributed by atoms with E-state index in [2.05, 4.69) is 23.6 Å². The molecule has 144 valence electrons. The Morgan fingerprint density at radius 3 is 2.62 bits per heavy atom. The summed E-state index contributed by atoms with van der Waals surface area (Å²) in [6.07, 6.45) is 3.99. The molecule has 1 aromatic carbocycles. The van der Waals surface area contributed by atoms with Crippen LogP contribution in [0.1, 0.15) is 51.1 Å². The molecule has 0 spiro atoms. The first-order valence-corrected chi connectivity index (χ1v) is 10.0. The van der Waals surface area contributed by atoms with Gasteiger partial charge in [-0.25, -0.2) is 0 Å². The minimum absolute atomic E-state index is 0.0675. The highest BCUT2D eigenvalue weighted by Gasteiger charge is 2.32. The van der Waals surface area contributed by atoms with Gasteiger partial charge in [-0.3, -0.25) is 9.69 Å². The molecule has 0 bridgehead atoms. The maximum atomic E-state index is 12.8. The Bertz CT molecular complexity index is 570. The molecule has 2 saturated heterocycles. The van der Waals surface area contributed by atoms with Gasteiger partial charge in [0, 0.05) is 44.7 Å². The summed E-state index contributed by atoms with van der Waals surface area (Å²) in [5.41, 5.74) is 7.37. The zero-order valence-electron chi connectivity index (χ0n) is 16.1. The predicted octanol–water partition coefficient (Wildman–Crippen LogP) is 2.57. The fourth-order valence-electron chi connectivity index (χ4n) is 4.37. The van der Waals surface area contributed by atoms with Crippen LogP contribution in [-0.2, 0) is 9.53 Å². The first kappa shape index (κ1) is 19.3. The molecule has 2 heterocycles. The highest BCUT2D eigenvalue weighted by molar-refractivity contribution is 5.76. The third-order valence-electron chi connectivity index (χ3n) is 5.56. The fraction of sp³-hybridized carbons (Fsp3) is 0.667. The Labute approximate surface area is 157 Å². The second-order valence-corrected chi connectivity index (χ2v) is 7.91. The van der Waals surface area contributed by atoms with Gasteiger partial charge in [-0.1, -0.05) is 30.3 Å². The predicted molar refractivity (Wildman–Crippen MR) is 104 cm³/mol. The molecular formula is C21H33N3O2. The number of rotatable bonds is 6. The summed E-state index contributed by atoms with van der Waals surface area (Å²) in [5.74, 6) is 0.258. The molecule has 2 N–H and O–H groups in total. The van der Waals surface area contributed by atoms with Crippen LogP contribution in [0.5, 0.6) is 0 Å². The quantitative estimate of drug-likeness (QED) is 0.848. The van der Waals surface area contributed by atoms with Crippen LogP contribution in [0.15, 0.2) is 30.3 Å². The van der Waals surface area contributed by atoms with Gasteiger partial charge in [0.1, 0.15) is 0 Å². The first-order chi connectivity index (χ1) is 12.5. The third-order valence-corrected chi connectivity index (χ3v) is 5.56. The zero-order chi connectivity index (χ0) is 18.5. The Morgan fingerprint density at radius 2 is 1.92 bits per heavy atom. The normalized spacial score (nSPS) is 28.3. The van der Waals surface area contributed by atoms with Crippen molar-refractivity contribution in [3.05, 3.63) is 35.9 Å². The number of nitrogens with two attached hydrogens (primary N) is 1. The molecule has 0 unspecified atom stereocenters. The van der Waals surface area contributed by atoms with Crippen molar-refractivity contribution >= 4 is 5.91 Å². The molecule has 2 aliphatic heterocycles. The molecule has 5 nitrogen and oxygen atoms in total. The van der Waals surface area contributed by atoms with E-state index in [1.54, 1.807) is 0 Å². The molecule has 1 aromatic rings. The van der Waals surface area contributed by atoms with E-state index in [1.165, 1.54) is 0 Å². The van der Waals surface area contributed by atoms with Gasteiger partial charge in [-0.15, -0.1) is 0 Å². The number of carbonyl (C=O) groups is 1. The fourth-order valence-corrected chi connectivity index (χ4v) is 4.37. The van der Waals surface area contributed by atoms with Crippen LogP contribution in [0.3, 0.4) is 0 Å². The number of nitrogens with zero attached hydrogens (tertiary/aromatic N) is 2. The maximum absolute atomic E-state index is 12.8. The standard InChI is InChI=1S/C21H33N3O2/c1-16-13-23(14-17(2)26-16)15-19-9-6-12-24(19)21(25)11-10-20(22)18-7-4-3-5-8-18/h3-5,7-8,16-17,19-20H,6,9-15,22H2,1-2H3/t16-,17-,19+,20-/m1/s1. The Kier molecular flexibility index (Phi) is 6.68. The molecule has 0 saturated carbocycles. The highest BCUT2D eigenvalue weighted by Crippen LogP contribution is 2.23. The molecule has 4 atom stereocenters. The number of likely N-dealkylation sites (tertiary alicyclic amines) is 1. The summed E-state index contributed by atoms with van der Waals surface area (Å²) < 4.78 is 5.83. The van der Waals surface area contributed by atoms with E-state index in [-0.39, 0.29) is 24.2 Å². The topological polar surface area (TPSA) is 58.8 Å². The molecular weight excluding hydrogens is 326 g/mol. The summed E-state index contributed by atoms with van der Waals surface area (Å²) in [7, 11) is 0. The number of carbonyl (C=O) groups excluding carboxylic acids is 1. The van der Waals surface area contributed by atoms with Crippen molar-refractivity contribution in [3.63, 3.8) is 0 Å². The van der Waals surface area contributed by atoms with Crippen molar-refractivity contribution < 1.29 is 9.53 Å². The minimum Gasteiger partial charge on any atom is -0.373 e. The van der Waals surface area contributed by atoms with Crippen molar-refractivity contribution in [1.82, 2.24) is 9.80 Å². The number of hydrogen-bond donors (Lipinski definition) is 1. The lowest BCUT2D eigenvalue weighted by molar-refractivity contribution is -0.133. The average molecular weight is 360 g/mol. The van der Waals surface area contributed by atoms with Gasteiger partial charge in [0.05, 0.1) is 12.2 Å². The Morgan fingerprint density at radius 1 is 1.23 bits per heavy atom. The largest absolute Gasteiger partial charge is 0.373 e. The van der Waals surface area contributed by atoms with Crippen LogP contribution in [0.25, 0.3) is 0 Å². The average Bonchev–Trinajstić information content (AvgIpc) is 3.07. The number of morpholine rings is 1. The minimum atomic E-state index is -0.0675. The van der Waals surface area contributed by atoms with Gasteiger partial charge < -0.3 is 15.4 Å². The van der Waals surface area contributed by atoms with E-state index in [1.807, 2.05) is 30.3 Å². The molecule has 2 aliphatic rings. The number of amides is 1. The number of ether oxygens (including phenoxy) is 1. The summed E-state index contributed by atoms with van der Waals surface area (Å²) >= 11 is 0. The molecule has 1 amide bonds. The molecule has 3 rings (SSSR count). The summed E-state index contributed by atoms with van der Waals surface area (Å²) in [6, 6.07) is 10.3. The van der Waals surface area contributed by atoms with Gasteiger partial charge in [-0.2, -0.15) is 0 Å². The van der Waals surface area contributed by atoms with Gasteiger partial charge >= 0.3 is 0 Å². The second-order valence-electron chi connectivity index (χ2n) is 7.91. The summed E-state index contributed by atoms with van der Waals surface area (Å²) in [4.78, 5) is 17.4. The van der Waals surface area contributed by atoms with E-state index < -0.39 is 0 Å². The van der Waals surface area contributed by atoms with Crippen molar-refractivity contribution in [3.8, 4) is 0 Å². The lowest BCUT2D eigenvalue weighted by Crippen LogP contribution is -2.50. The molecule has 2 fully saturated rings. The van der Waals surface area contributed by atoms with E-state index in [0.717, 1.165) is 44.6 Å². The molecule has 0 aliphatic carbocycles. The van der Waals surface area contributed by atoms with Crippen molar-refractivity contribution in [2.45, 2.75) is 63.8 Å². The second kappa shape index (κ2) is 8.98. The van der Waals surface area contributed by atoms with E-state index in [9.17, 15) is 4.79 Å². The van der Waals surface area contributed by atoms with Crippen LogP contribution in [0.2, 0.25) is 0 Å². The van der Waals surface area contributed by atoms with Crippen molar-refractivity contribution in [2.75, 3.05) is 26.2 Å². The summed E-state index contributed by atoms with van der Waals surface area (Å²) in [5, 5.41) is 0. The monoisotopic (exact) mass is 359 g/mol. The Hall–Kier alpha value is -1.43. The molecule has 5 heteroatoms. The number of hydrogen-bond acceptors (Lipinski definition) is 4. The summed E-state index contributed by atoms with van der Waals surface area (Å²) in [6.45, 7) is 8.04. The lowest BCUT2D eigenvalue weighted by atomic mass is 10.0. The smallest absolute Gasteiger partial charge is 0.222 e. The van der Waals surface area contributed by atoms with Crippen LogP contribution >= 0.6 is 0 Å². The zero-order valence-corrected chi connectivity index (χ0v) is 16.1. The van der Waals surface area contributed by atoms with Gasteiger partial charge in [0.15, 0.2) is 0 Å². The van der Waals surface area contributed by atoms with Gasteiger partial charge in [0.25, 0.3) is 0 Å². The molecule has 0 aromatic heterocycles. The Balaban J connectivity index is 1.50. The van der Waals surface area contributed by atoms with Gasteiger partial charge in [-0.05, 0) is 38.7 Å². The van der Waals surface area contributed by atoms with Crippen molar-refractivity contribution in [1.29, 1.82) is 0 Å². The van der Waals surface area contributed by atoms with Gasteiger partial charge in [0.2, 0.25) is 5.91 Å². The van der Waals surface area contributed by atoms with E-state index in [4.69, 9.17) is 10.5 Å². The molecule has 26 heavy (non-hydrogen) atoms. The van der Waals surface area contributed by atoms with Crippen LogP contribution in [0, 0.1) is 0 Å². The highest BCUT2D eigenvalue weighted by atomic mass is 16.5. The van der Waals surface area contributed by atoms with E-state index in [0.29, 0.717) is 18.9 Å². The van der Waals surface area contributed by atoms with Crippen molar-refractivity contribution in [2.24, 2.45) is 5.73 Å². The van der Waals surface area contributed by atoms with Crippen LogP contribution in [0.4, 0.5) is 0 Å². The van der Waals surface area contributed by atoms with Crippen LogP contribution < -0.4 is 5.73 Å². The lowest BCUT2D eigenvalue weighted by Gasteiger charge is -2.38. The number of benzene rings is 1.